The van der Waals surface area contributed by atoms with Crippen LogP contribution in [0.5, 0.6) is 0 Å². The number of hydrogen-bond acceptors (Lipinski definition) is 8. The summed E-state index contributed by atoms with van der Waals surface area (Å²) >= 11 is 6.57. The Morgan fingerprint density at radius 1 is 1.00 bits per heavy atom. The van der Waals surface area contributed by atoms with E-state index in [-0.39, 0.29) is 25.3 Å². The molecule has 2 amide bonds. The van der Waals surface area contributed by atoms with Crippen LogP contribution in [0.3, 0.4) is 0 Å². The molecule has 5 rings (SSSR count). The molecular formula is C27H19ClN6O5S2. The number of carbonyl (C=O) groups excluding carboxylic acids is 1. The molecule has 0 saturated carbocycles. The van der Waals surface area contributed by atoms with Crippen molar-refractivity contribution in [3.8, 4) is 11.8 Å². The molecule has 4 N–H and O–H groups in total. The number of sulfonamides is 1. The Labute approximate surface area is 241 Å². The second kappa shape index (κ2) is 11.3. The number of nitrogens with one attached hydrogen (secondary N) is 4. The van der Waals surface area contributed by atoms with Gasteiger partial charge in [0.1, 0.15) is 4.21 Å². The molecule has 0 fully saturated rings. The molecule has 11 nitrogen and oxygen atoms in total. The third kappa shape index (κ3) is 5.99. The zero-order valence-corrected chi connectivity index (χ0v) is 23.2. The van der Waals surface area contributed by atoms with Gasteiger partial charge in [-0.05, 0) is 66.2 Å². The fraction of sp³-hybridized carbons (Fsp3) is 0.0370. The average Bonchev–Trinajstić information content (AvgIpc) is 3.40. The van der Waals surface area contributed by atoms with Crippen molar-refractivity contribution < 1.29 is 13.2 Å². The number of fused-ring (bicyclic) bond motifs is 1. The van der Waals surface area contributed by atoms with Gasteiger partial charge in [-0.1, -0.05) is 29.8 Å². The van der Waals surface area contributed by atoms with E-state index in [9.17, 15) is 28.1 Å². The highest BCUT2D eigenvalue weighted by atomic mass is 35.5. The van der Waals surface area contributed by atoms with E-state index in [0.29, 0.717) is 23.3 Å². The first-order valence-corrected chi connectivity index (χ1v) is 14.5. The Hall–Kier alpha value is -4.90. The lowest BCUT2D eigenvalue weighted by Gasteiger charge is -2.11. The normalized spacial score (nSPS) is 11.1. The molecule has 14 heteroatoms. The lowest BCUT2D eigenvalue weighted by Crippen LogP contribution is -2.34. The van der Waals surface area contributed by atoms with Crippen LogP contribution in [-0.2, 0) is 16.6 Å². The minimum atomic E-state index is -4.10. The van der Waals surface area contributed by atoms with E-state index in [1.165, 1.54) is 36.4 Å². The predicted octanol–water partition coefficient (Wildman–Crippen LogP) is 4.39. The van der Waals surface area contributed by atoms with Crippen molar-refractivity contribution in [1.29, 1.82) is 5.26 Å². The van der Waals surface area contributed by atoms with Gasteiger partial charge in [-0.2, -0.15) is 5.26 Å². The second-order valence-corrected chi connectivity index (χ2v) is 12.2. The standard InChI is InChI=1S/C27H19ClN6O5S2/c28-23-11-12-24(40-23)41(38,39)33-26(36)31-18-5-8-20(9-6-18)34-25(35)21-10-7-19(13-22(21)32-27(34)37)30-15-17-4-2-1-3-16(17)14-29/h1-13,30H,15H2,(H,32,37)(H2,31,33,36). The summed E-state index contributed by atoms with van der Waals surface area (Å²) < 4.78 is 27.6. The zero-order valence-electron chi connectivity index (χ0n) is 20.8. The van der Waals surface area contributed by atoms with Crippen molar-refractivity contribution in [2.24, 2.45) is 0 Å². The molecular weight excluding hydrogens is 588 g/mol. The van der Waals surface area contributed by atoms with Crippen molar-refractivity contribution in [3.63, 3.8) is 0 Å². The van der Waals surface area contributed by atoms with Crippen LogP contribution in [0.2, 0.25) is 4.34 Å². The fourth-order valence-electron chi connectivity index (χ4n) is 4.01. The highest BCUT2D eigenvalue weighted by Gasteiger charge is 2.20. The lowest BCUT2D eigenvalue weighted by molar-refractivity contribution is 0.256. The summed E-state index contributed by atoms with van der Waals surface area (Å²) in [7, 11) is -4.10. The second-order valence-electron chi connectivity index (χ2n) is 8.62. The van der Waals surface area contributed by atoms with Gasteiger partial charge in [0, 0.05) is 17.9 Å². The number of anilines is 2. The smallest absolute Gasteiger partial charge is 0.333 e. The van der Waals surface area contributed by atoms with Crippen LogP contribution < -0.4 is 26.6 Å². The Morgan fingerprint density at radius 3 is 2.44 bits per heavy atom. The van der Waals surface area contributed by atoms with E-state index in [2.05, 4.69) is 21.7 Å². The quantitative estimate of drug-likeness (QED) is 0.213. The summed E-state index contributed by atoms with van der Waals surface area (Å²) in [5.74, 6) is 0. The average molecular weight is 607 g/mol. The molecule has 0 radical (unpaired) electrons. The Bertz CT molecular complexity index is 2060. The van der Waals surface area contributed by atoms with Crippen LogP contribution in [0, 0.1) is 11.3 Å². The first-order valence-electron chi connectivity index (χ1n) is 11.9. The van der Waals surface area contributed by atoms with E-state index in [4.69, 9.17) is 11.6 Å². The number of aromatic nitrogens is 2. The summed E-state index contributed by atoms with van der Waals surface area (Å²) in [4.78, 5) is 41.0. The third-order valence-electron chi connectivity index (χ3n) is 5.94. The van der Waals surface area contributed by atoms with Gasteiger partial charge in [-0.15, -0.1) is 11.3 Å². The van der Waals surface area contributed by atoms with Crippen LogP contribution in [-0.4, -0.2) is 24.0 Å². The van der Waals surface area contributed by atoms with Crippen LogP contribution in [0.15, 0.2) is 92.7 Å². The summed E-state index contributed by atoms with van der Waals surface area (Å²) in [5, 5.41) is 15.1. The van der Waals surface area contributed by atoms with Crippen LogP contribution in [0.25, 0.3) is 16.6 Å². The van der Waals surface area contributed by atoms with E-state index in [0.717, 1.165) is 21.5 Å². The molecule has 0 aliphatic rings. The maximum absolute atomic E-state index is 13.2. The van der Waals surface area contributed by atoms with E-state index < -0.39 is 27.3 Å². The van der Waals surface area contributed by atoms with Gasteiger partial charge in [0.25, 0.3) is 15.6 Å². The molecule has 0 saturated heterocycles. The first-order chi connectivity index (χ1) is 19.6. The minimum Gasteiger partial charge on any atom is -0.381 e. The molecule has 3 aromatic carbocycles. The highest BCUT2D eigenvalue weighted by Crippen LogP contribution is 2.25. The maximum Gasteiger partial charge on any atom is 0.333 e. The molecule has 0 bridgehead atoms. The van der Waals surface area contributed by atoms with Crippen LogP contribution in [0.4, 0.5) is 16.2 Å². The molecule has 0 aliphatic heterocycles. The number of benzene rings is 3. The number of nitriles is 1. The minimum absolute atomic E-state index is 0.116. The molecule has 0 unspecified atom stereocenters. The Balaban J connectivity index is 1.32. The third-order valence-corrected chi connectivity index (χ3v) is 9.00. The molecule has 0 atom stereocenters. The number of urea groups is 1. The van der Waals surface area contributed by atoms with E-state index in [1.54, 1.807) is 30.3 Å². The van der Waals surface area contributed by atoms with Gasteiger partial charge >= 0.3 is 11.7 Å². The van der Waals surface area contributed by atoms with Crippen LogP contribution >= 0.6 is 22.9 Å². The number of nitrogens with zero attached hydrogens (tertiary/aromatic N) is 2. The van der Waals surface area contributed by atoms with Gasteiger partial charge in [0.05, 0.1) is 32.6 Å². The van der Waals surface area contributed by atoms with Crippen molar-refractivity contribution in [2.75, 3.05) is 10.6 Å². The highest BCUT2D eigenvalue weighted by molar-refractivity contribution is 7.92. The van der Waals surface area contributed by atoms with Gasteiger partial charge in [-0.3, -0.25) is 4.79 Å². The maximum atomic E-state index is 13.2. The van der Waals surface area contributed by atoms with Crippen molar-refractivity contribution >= 4 is 61.3 Å². The zero-order chi connectivity index (χ0) is 29.1. The Kier molecular flexibility index (Phi) is 7.62. The van der Waals surface area contributed by atoms with E-state index in [1.807, 2.05) is 16.9 Å². The van der Waals surface area contributed by atoms with Gasteiger partial charge in [0.2, 0.25) is 0 Å². The SMILES string of the molecule is N#Cc1ccccc1CNc1ccc2c(=O)n(-c3ccc(NC(=O)NS(=O)(=O)c4ccc(Cl)s4)cc3)c(=O)[nH]c2c1. The summed E-state index contributed by atoms with van der Waals surface area (Å²) in [6, 6.07) is 21.7. The summed E-state index contributed by atoms with van der Waals surface area (Å²) in [5.41, 5.74) is 1.58. The number of thiophene rings is 1. The lowest BCUT2D eigenvalue weighted by atomic mass is 10.1. The largest absolute Gasteiger partial charge is 0.381 e. The number of halogens is 1. The number of H-pyrrole nitrogens is 1. The first kappa shape index (κ1) is 27.7. The molecule has 2 heterocycles. The number of amides is 2. The molecule has 2 aromatic heterocycles. The topological polar surface area (TPSA) is 166 Å². The van der Waals surface area contributed by atoms with Crippen LogP contribution in [0.1, 0.15) is 11.1 Å². The Morgan fingerprint density at radius 2 is 1.73 bits per heavy atom. The van der Waals surface area contributed by atoms with Gasteiger partial charge in [0.15, 0.2) is 0 Å². The predicted molar refractivity (Wildman–Crippen MR) is 157 cm³/mol. The summed E-state index contributed by atoms with van der Waals surface area (Å²) in [6.45, 7) is 0.378. The van der Waals surface area contributed by atoms with Crippen molar-refractivity contribution in [2.45, 2.75) is 10.8 Å². The molecule has 0 aliphatic carbocycles. The van der Waals surface area contributed by atoms with Gasteiger partial charge < -0.3 is 15.6 Å². The number of hydrogen-bond donors (Lipinski definition) is 4. The molecule has 41 heavy (non-hydrogen) atoms. The molecule has 206 valence electrons. The van der Waals surface area contributed by atoms with Crippen molar-refractivity contribution in [3.05, 3.63) is 115 Å². The number of rotatable bonds is 7. The fourth-order valence-corrected chi connectivity index (χ4v) is 6.40. The molecule has 5 aromatic rings. The molecule has 0 spiro atoms. The van der Waals surface area contributed by atoms with Gasteiger partial charge in [-0.25, -0.2) is 27.3 Å². The number of aromatic amines is 1. The van der Waals surface area contributed by atoms with E-state index >= 15 is 0 Å². The number of carbonyl (C=O) groups is 1. The summed E-state index contributed by atoms with van der Waals surface area (Å²) in [6.07, 6.45) is 0. The van der Waals surface area contributed by atoms with Crippen molar-refractivity contribution in [1.82, 2.24) is 14.3 Å². The monoisotopic (exact) mass is 606 g/mol.